The molecule has 0 heterocycles. The Labute approximate surface area is 119 Å². The van der Waals surface area contributed by atoms with Gasteiger partial charge in [-0.15, -0.1) is 0 Å². The highest BCUT2D eigenvalue weighted by Crippen LogP contribution is 2.57. The largest absolute Gasteiger partial charge is 0.385 e. The van der Waals surface area contributed by atoms with Crippen molar-refractivity contribution < 1.29 is 4.74 Å². The summed E-state index contributed by atoms with van der Waals surface area (Å²) < 4.78 is 5.20. The highest BCUT2D eigenvalue weighted by Gasteiger charge is 2.50. The molecule has 112 valence electrons. The maximum atomic E-state index is 5.20. The molecular weight excluding hydrogens is 234 g/mol. The summed E-state index contributed by atoms with van der Waals surface area (Å²) in [5, 5.41) is 3.80. The SMILES string of the molecule is COCCCCC1(CNC(C)(C)C)CC2CCC1C2. The molecule has 0 saturated heterocycles. The van der Waals surface area contributed by atoms with Gasteiger partial charge in [-0.3, -0.25) is 0 Å². The van der Waals surface area contributed by atoms with Crippen molar-refractivity contribution >= 4 is 0 Å². The van der Waals surface area contributed by atoms with Crippen LogP contribution in [-0.4, -0.2) is 25.8 Å². The lowest BCUT2D eigenvalue weighted by molar-refractivity contribution is 0.119. The molecule has 2 heteroatoms. The predicted molar refractivity (Wildman–Crippen MR) is 81.4 cm³/mol. The lowest BCUT2D eigenvalue weighted by atomic mass is 9.69. The van der Waals surface area contributed by atoms with Crippen LogP contribution in [0.25, 0.3) is 0 Å². The second-order valence-corrected chi connectivity index (χ2v) is 8.00. The van der Waals surface area contributed by atoms with Gasteiger partial charge in [0.25, 0.3) is 0 Å². The molecule has 3 atom stereocenters. The van der Waals surface area contributed by atoms with Gasteiger partial charge in [-0.1, -0.05) is 12.8 Å². The standard InChI is InChI=1S/C17H33NO/c1-16(2,3)18-13-17(9-5-6-10-19-4)12-14-7-8-15(17)11-14/h14-15,18H,5-13H2,1-4H3. The number of hydrogen-bond acceptors (Lipinski definition) is 2. The molecule has 3 unspecified atom stereocenters. The predicted octanol–water partition coefficient (Wildman–Crippen LogP) is 4.00. The van der Waals surface area contributed by atoms with Crippen LogP contribution in [-0.2, 0) is 4.74 Å². The molecule has 0 radical (unpaired) electrons. The van der Waals surface area contributed by atoms with Crippen molar-refractivity contribution in [3.63, 3.8) is 0 Å². The third kappa shape index (κ3) is 3.95. The first-order chi connectivity index (χ1) is 8.95. The Hall–Kier alpha value is -0.0800. The lowest BCUT2D eigenvalue weighted by Gasteiger charge is -2.40. The zero-order valence-corrected chi connectivity index (χ0v) is 13.4. The third-order valence-electron chi connectivity index (χ3n) is 5.35. The molecule has 2 rings (SSSR count). The van der Waals surface area contributed by atoms with Crippen LogP contribution in [0.15, 0.2) is 0 Å². The Kier molecular flexibility index (Phi) is 4.94. The average molecular weight is 267 g/mol. The second-order valence-electron chi connectivity index (χ2n) is 8.00. The van der Waals surface area contributed by atoms with Crippen molar-refractivity contribution in [1.29, 1.82) is 0 Å². The van der Waals surface area contributed by atoms with E-state index in [9.17, 15) is 0 Å². The lowest BCUT2D eigenvalue weighted by Crippen LogP contribution is -2.46. The van der Waals surface area contributed by atoms with Gasteiger partial charge in [0.2, 0.25) is 0 Å². The highest BCUT2D eigenvalue weighted by atomic mass is 16.5. The van der Waals surface area contributed by atoms with Crippen LogP contribution >= 0.6 is 0 Å². The first-order valence-corrected chi connectivity index (χ1v) is 8.19. The number of fused-ring (bicyclic) bond motifs is 2. The van der Waals surface area contributed by atoms with Gasteiger partial charge in [0.1, 0.15) is 0 Å². The van der Waals surface area contributed by atoms with E-state index in [2.05, 4.69) is 26.1 Å². The molecule has 0 aromatic heterocycles. The number of methoxy groups -OCH3 is 1. The fourth-order valence-electron chi connectivity index (χ4n) is 4.33. The van der Waals surface area contributed by atoms with Crippen LogP contribution in [0.2, 0.25) is 0 Å². The Balaban J connectivity index is 1.90. The van der Waals surface area contributed by atoms with Gasteiger partial charge in [0.05, 0.1) is 0 Å². The van der Waals surface area contributed by atoms with Gasteiger partial charge < -0.3 is 10.1 Å². The molecule has 0 amide bonds. The summed E-state index contributed by atoms with van der Waals surface area (Å²) in [6, 6.07) is 0. The zero-order chi connectivity index (χ0) is 13.9. The molecule has 0 aliphatic heterocycles. The molecule has 19 heavy (non-hydrogen) atoms. The van der Waals surface area contributed by atoms with Crippen LogP contribution < -0.4 is 5.32 Å². The monoisotopic (exact) mass is 267 g/mol. The maximum absolute atomic E-state index is 5.20. The van der Waals surface area contributed by atoms with Gasteiger partial charge in [-0.05, 0) is 70.1 Å². The van der Waals surface area contributed by atoms with Crippen molar-refractivity contribution in [3.05, 3.63) is 0 Å². The molecule has 0 aromatic rings. The van der Waals surface area contributed by atoms with E-state index in [1.165, 1.54) is 51.5 Å². The summed E-state index contributed by atoms with van der Waals surface area (Å²) in [5.74, 6) is 2.03. The Morgan fingerprint density at radius 1 is 1.21 bits per heavy atom. The summed E-state index contributed by atoms with van der Waals surface area (Å²) in [6.45, 7) is 9.03. The van der Waals surface area contributed by atoms with E-state index in [1.807, 2.05) is 7.11 Å². The minimum absolute atomic E-state index is 0.251. The molecule has 0 spiro atoms. The van der Waals surface area contributed by atoms with E-state index < -0.39 is 0 Å². The smallest absolute Gasteiger partial charge is 0.0462 e. The van der Waals surface area contributed by atoms with Gasteiger partial charge in [-0.25, -0.2) is 0 Å². The molecule has 2 saturated carbocycles. The number of unbranched alkanes of at least 4 members (excludes halogenated alkanes) is 1. The fourth-order valence-corrected chi connectivity index (χ4v) is 4.33. The van der Waals surface area contributed by atoms with Crippen LogP contribution in [0.5, 0.6) is 0 Å². The number of rotatable bonds is 7. The van der Waals surface area contributed by atoms with Crippen LogP contribution in [0, 0.1) is 17.3 Å². The highest BCUT2D eigenvalue weighted by molar-refractivity contribution is 5.02. The zero-order valence-electron chi connectivity index (χ0n) is 13.4. The van der Waals surface area contributed by atoms with Gasteiger partial charge in [0, 0.05) is 25.8 Å². The van der Waals surface area contributed by atoms with Crippen molar-refractivity contribution in [1.82, 2.24) is 5.32 Å². The topological polar surface area (TPSA) is 21.3 Å². The Morgan fingerprint density at radius 2 is 2.00 bits per heavy atom. The van der Waals surface area contributed by atoms with Gasteiger partial charge in [0.15, 0.2) is 0 Å². The molecule has 0 aromatic carbocycles. The minimum atomic E-state index is 0.251. The van der Waals surface area contributed by atoms with Crippen molar-refractivity contribution in [3.8, 4) is 0 Å². The molecule has 2 bridgehead atoms. The first-order valence-electron chi connectivity index (χ1n) is 8.19. The molecular formula is C17H33NO. The van der Waals surface area contributed by atoms with E-state index in [1.54, 1.807) is 0 Å². The van der Waals surface area contributed by atoms with Crippen molar-refractivity contribution in [2.45, 2.75) is 71.3 Å². The normalized spacial score (nSPS) is 34.1. The molecule has 2 aliphatic rings. The summed E-state index contributed by atoms with van der Waals surface area (Å²) in [4.78, 5) is 0. The van der Waals surface area contributed by atoms with Crippen molar-refractivity contribution in [2.24, 2.45) is 17.3 Å². The van der Waals surface area contributed by atoms with E-state index in [4.69, 9.17) is 4.74 Å². The number of ether oxygens (including phenoxy) is 1. The van der Waals surface area contributed by atoms with Crippen LogP contribution in [0.1, 0.15) is 65.7 Å². The van der Waals surface area contributed by atoms with Crippen LogP contribution in [0.3, 0.4) is 0 Å². The van der Waals surface area contributed by atoms with Crippen LogP contribution in [0.4, 0.5) is 0 Å². The fraction of sp³-hybridized carbons (Fsp3) is 1.00. The molecule has 2 nitrogen and oxygen atoms in total. The van der Waals surface area contributed by atoms with Crippen molar-refractivity contribution in [2.75, 3.05) is 20.3 Å². The average Bonchev–Trinajstić information content (AvgIpc) is 2.92. The quantitative estimate of drug-likeness (QED) is 0.704. The molecule has 2 aliphatic carbocycles. The Morgan fingerprint density at radius 3 is 2.53 bits per heavy atom. The number of hydrogen-bond donors (Lipinski definition) is 1. The second kappa shape index (κ2) is 6.13. The summed E-state index contributed by atoms with van der Waals surface area (Å²) in [5.41, 5.74) is 0.852. The summed E-state index contributed by atoms with van der Waals surface area (Å²) in [6.07, 6.45) is 9.94. The van der Waals surface area contributed by atoms with E-state index in [0.29, 0.717) is 5.41 Å². The molecule has 2 fully saturated rings. The van der Waals surface area contributed by atoms with Gasteiger partial charge >= 0.3 is 0 Å². The van der Waals surface area contributed by atoms with E-state index >= 15 is 0 Å². The number of nitrogens with one attached hydrogen (secondary N) is 1. The third-order valence-corrected chi connectivity index (χ3v) is 5.35. The maximum Gasteiger partial charge on any atom is 0.0462 e. The first kappa shape index (κ1) is 15.3. The Bertz CT molecular complexity index is 283. The summed E-state index contributed by atoms with van der Waals surface area (Å²) in [7, 11) is 1.81. The summed E-state index contributed by atoms with van der Waals surface area (Å²) >= 11 is 0. The molecule has 1 N–H and O–H groups in total. The van der Waals surface area contributed by atoms with E-state index in [-0.39, 0.29) is 5.54 Å². The van der Waals surface area contributed by atoms with Gasteiger partial charge in [-0.2, -0.15) is 0 Å². The minimum Gasteiger partial charge on any atom is -0.385 e. The van der Waals surface area contributed by atoms with E-state index in [0.717, 1.165) is 18.4 Å².